The fourth-order valence-corrected chi connectivity index (χ4v) is 1.77. The van der Waals surface area contributed by atoms with Gasteiger partial charge < -0.3 is 10.5 Å². The summed E-state index contributed by atoms with van der Waals surface area (Å²) in [6, 6.07) is 5.85. The Bertz CT molecular complexity index is 655. The first-order valence-electron chi connectivity index (χ1n) is 7.03. The van der Waals surface area contributed by atoms with Gasteiger partial charge >= 0.3 is 5.97 Å². The van der Waals surface area contributed by atoms with Crippen molar-refractivity contribution in [2.75, 3.05) is 12.0 Å². The van der Waals surface area contributed by atoms with E-state index in [9.17, 15) is 4.79 Å². The summed E-state index contributed by atoms with van der Waals surface area (Å²) < 4.78 is 4.99. The number of hydrogen-bond donors (Lipinski definition) is 3. The summed E-state index contributed by atoms with van der Waals surface area (Å²) in [4.78, 5) is 12.0. The van der Waals surface area contributed by atoms with E-state index in [-0.39, 0.29) is 17.4 Å². The number of ether oxygens (including phenoxy) is 1. The van der Waals surface area contributed by atoms with Crippen molar-refractivity contribution in [1.29, 1.82) is 0 Å². The van der Waals surface area contributed by atoms with Crippen LogP contribution in [0.5, 0.6) is 0 Å². The molecular formula is C15H21N5O2S. The van der Waals surface area contributed by atoms with Crippen LogP contribution < -0.4 is 16.6 Å². The number of nitrogens with two attached hydrogens (primary N) is 1. The van der Waals surface area contributed by atoms with Crippen LogP contribution in [0.4, 0.5) is 5.69 Å². The molecule has 1 rings (SSSR count). The lowest BCUT2D eigenvalue weighted by atomic mass is 10.1. The van der Waals surface area contributed by atoms with Gasteiger partial charge in [0.15, 0.2) is 10.8 Å². The first kappa shape index (κ1) is 18.6. The number of esters is 1. The fourth-order valence-electron chi connectivity index (χ4n) is 1.72. The molecule has 8 heteroatoms. The van der Waals surface area contributed by atoms with Crippen molar-refractivity contribution in [2.24, 2.45) is 15.9 Å². The highest BCUT2D eigenvalue weighted by atomic mass is 32.1. The van der Waals surface area contributed by atoms with Gasteiger partial charge in [-0.25, -0.2) is 4.79 Å². The van der Waals surface area contributed by atoms with Crippen LogP contribution in [0, 0.1) is 13.8 Å². The topological polar surface area (TPSA) is 101 Å². The SMILES string of the molecule is CCOC(=O)/C(=N\Nc1ccc(C)cc1C)C(C)=NNC(N)=S. The van der Waals surface area contributed by atoms with Crippen LogP contribution in [0.1, 0.15) is 25.0 Å². The smallest absolute Gasteiger partial charge is 0.360 e. The van der Waals surface area contributed by atoms with E-state index in [1.807, 2.05) is 32.0 Å². The largest absolute Gasteiger partial charge is 0.461 e. The number of nitrogens with zero attached hydrogens (tertiary/aromatic N) is 2. The Balaban J connectivity index is 3.05. The van der Waals surface area contributed by atoms with Crippen molar-refractivity contribution in [3.63, 3.8) is 0 Å². The van der Waals surface area contributed by atoms with E-state index in [0.717, 1.165) is 16.8 Å². The first-order valence-corrected chi connectivity index (χ1v) is 7.44. The number of carbonyl (C=O) groups is 1. The van der Waals surface area contributed by atoms with Crippen LogP contribution in [-0.2, 0) is 9.53 Å². The quantitative estimate of drug-likeness (QED) is 0.317. The lowest BCUT2D eigenvalue weighted by Gasteiger charge is -2.09. The minimum atomic E-state index is -0.587. The molecule has 23 heavy (non-hydrogen) atoms. The molecule has 0 saturated heterocycles. The summed E-state index contributed by atoms with van der Waals surface area (Å²) in [7, 11) is 0. The van der Waals surface area contributed by atoms with Crippen LogP contribution in [0.3, 0.4) is 0 Å². The molecule has 124 valence electrons. The van der Waals surface area contributed by atoms with Crippen LogP contribution >= 0.6 is 12.2 Å². The third-order valence-corrected chi connectivity index (χ3v) is 2.91. The first-order chi connectivity index (χ1) is 10.8. The molecule has 0 aliphatic rings. The highest BCUT2D eigenvalue weighted by Gasteiger charge is 2.17. The number of benzene rings is 1. The van der Waals surface area contributed by atoms with Crippen molar-refractivity contribution >= 4 is 40.4 Å². The number of anilines is 1. The van der Waals surface area contributed by atoms with Crippen molar-refractivity contribution in [3.8, 4) is 0 Å². The molecule has 0 aromatic heterocycles. The third kappa shape index (κ3) is 6.03. The van der Waals surface area contributed by atoms with Gasteiger partial charge in [-0.15, -0.1) is 0 Å². The fraction of sp³-hybridized carbons (Fsp3) is 0.333. The normalized spacial score (nSPS) is 11.8. The summed E-state index contributed by atoms with van der Waals surface area (Å²) in [6.45, 7) is 7.50. The average molecular weight is 335 g/mol. The van der Waals surface area contributed by atoms with Crippen LogP contribution in [-0.4, -0.2) is 29.1 Å². The van der Waals surface area contributed by atoms with Gasteiger partial charge in [-0.2, -0.15) is 10.2 Å². The van der Waals surface area contributed by atoms with E-state index >= 15 is 0 Å². The molecule has 0 aliphatic heterocycles. The summed E-state index contributed by atoms with van der Waals surface area (Å²) in [5.41, 5.74) is 13.9. The van der Waals surface area contributed by atoms with E-state index in [1.54, 1.807) is 13.8 Å². The van der Waals surface area contributed by atoms with Crippen molar-refractivity contribution in [3.05, 3.63) is 29.3 Å². The van der Waals surface area contributed by atoms with Crippen molar-refractivity contribution < 1.29 is 9.53 Å². The molecule has 0 spiro atoms. The Morgan fingerprint density at radius 2 is 2.04 bits per heavy atom. The molecule has 0 amide bonds. The highest BCUT2D eigenvalue weighted by Crippen LogP contribution is 2.15. The molecule has 7 nitrogen and oxygen atoms in total. The second-order valence-corrected chi connectivity index (χ2v) is 5.22. The summed E-state index contributed by atoms with van der Waals surface area (Å²) >= 11 is 4.68. The maximum Gasteiger partial charge on any atom is 0.360 e. The monoisotopic (exact) mass is 335 g/mol. The third-order valence-electron chi connectivity index (χ3n) is 2.82. The van der Waals surface area contributed by atoms with Gasteiger partial charge in [0.1, 0.15) is 0 Å². The Labute approximate surface area is 141 Å². The van der Waals surface area contributed by atoms with Gasteiger partial charge in [0, 0.05) is 0 Å². The number of carbonyl (C=O) groups excluding carboxylic acids is 1. The minimum absolute atomic E-state index is 0.00472. The predicted molar refractivity (Wildman–Crippen MR) is 96.6 cm³/mol. The zero-order valence-electron chi connectivity index (χ0n) is 13.6. The summed E-state index contributed by atoms with van der Waals surface area (Å²) in [5.74, 6) is -0.587. The molecule has 0 heterocycles. The van der Waals surface area contributed by atoms with Gasteiger partial charge in [-0.05, 0) is 51.5 Å². The number of hydrazone groups is 2. The molecule has 4 N–H and O–H groups in total. The maximum atomic E-state index is 12.0. The van der Waals surface area contributed by atoms with Crippen LogP contribution in [0.2, 0.25) is 0 Å². The second-order valence-electron chi connectivity index (χ2n) is 4.78. The minimum Gasteiger partial charge on any atom is -0.461 e. The lowest BCUT2D eigenvalue weighted by molar-refractivity contribution is -0.134. The van der Waals surface area contributed by atoms with E-state index in [0.29, 0.717) is 5.71 Å². The van der Waals surface area contributed by atoms with Crippen LogP contribution in [0.25, 0.3) is 0 Å². The second kappa shape index (κ2) is 8.84. The number of rotatable bonds is 6. The molecule has 0 radical (unpaired) electrons. The number of hydrogen-bond acceptors (Lipinski definition) is 6. The lowest BCUT2D eigenvalue weighted by Crippen LogP contribution is -2.30. The average Bonchev–Trinajstić information content (AvgIpc) is 2.47. The van der Waals surface area contributed by atoms with Crippen molar-refractivity contribution in [1.82, 2.24) is 5.43 Å². The summed E-state index contributed by atoms with van der Waals surface area (Å²) in [6.07, 6.45) is 0. The molecule has 0 bridgehead atoms. The van der Waals surface area contributed by atoms with Crippen LogP contribution in [0.15, 0.2) is 28.4 Å². The summed E-state index contributed by atoms with van der Waals surface area (Å²) in [5, 5.41) is 8.02. The van der Waals surface area contributed by atoms with Gasteiger partial charge in [0.05, 0.1) is 18.0 Å². The Kier molecular flexibility index (Phi) is 7.14. The molecular weight excluding hydrogens is 314 g/mol. The van der Waals surface area contributed by atoms with Gasteiger partial charge in [-0.1, -0.05) is 17.7 Å². The van der Waals surface area contributed by atoms with Gasteiger partial charge in [0.25, 0.3) is 0 Å². The van der Waals surface area contributed by atoms with E-state index in [1.165, 1.54) is 0 Å². The number of thiocarbonyl (C=S) groups is 1. The van der Waals surface area contributed by atoms with Crippen molar-refractivity contribution in [2.45, 2.75) is 27.7 Å². The Morgan fingerprint density at radius 3 is 2.61 bits per heavy atom. The molecule has 0 saturated carbocycles. The molecule has 1 aromatic rings. The molecule has 1 aromatic carbocycles. The van der Waals surface area contributed by atoms with Gasteiger partial charge in [0.2, 0.25) is 0 Å². The van der Waals surface area contributed by atoms with E-state index in [2.05, 4.69) is 33.3 Å². The highest BCUT2D eigenvalue weighted by molar-refractivity contribution is 7.80. The Morgan fingerprint density at radius 1 is 1.35 bits per heavy atom. The van der Waals surface area contributed by atoms with E-state index < -0.39 is 5.97 Å². The zero-order valence-corrected chi connectivity index (χ0v) is 14.5. The molecule has 0 fully saturated rings. The maximum absolute atomic E-state index is 12.0. The number of nitrogens with one attached hydrogen (secondary N) is 2. The molecule has 0 atom stereocenters. The van der Waals surface area contributed by atoms with Gasteiger partial charge in [-0.3, -0.25) is 10.9 Å². The standard InChI is InChI=1S/C15H21N5O2S/c1-5-22-14(21)13(11(4)17-20-15(16)23)19-18-12-7-6-9(2)8-10(12)3/h6-8,18H,5H2,1-4H3,(H3,16,20,23)/b17-11?,19-13-. The molecule has 0 aliphatic carbocycles. The predicted octanol–water partition coefficient (Wildman–Crippen LogP) is 1.84. The van der Waals surface area contributed by atoms with E-state index in [4.69, 9.17) is 10.5 Å². The Hall–Kier alpha value is -2.48. The zero-order chi connectivity index (χ0) is 17.4. The molecule has 0 unspecified atom stereocenters. The number of aryl methyl sites for hydroxylation is 2.